The average molecular weight is 132 g/mol. The standard InChI is InChI=1S/C6H16N2O/c1-6(8-5-9)3-2-4-7/h6,8-9H,2-5,7H2,1H3/t6-/m0/s1. The first kappa shape index (κ1) is 8.88. The molecule has 1 atom stereocenters. The van der Waals surface area contributed by atoms with Gasteiger partial charge < -0.3 is 10.8 Å². The number of nitrogens with two attached hydrogens (primary N) is 1. The lowest BCUT2D eigenvalue weighted by molar-refractivity contribution is 0.240. The zero-order valence-corrected chi connectivity index (χ0v) is 5.93. The van der Waals surface area contributed by atoms with Crippen molar-refractivity contribution in [3.8, 4) is 0 Å². The minimum atomic E-state index is 0.0612. The molecule has 0 amide bonds. The van der Waals surface area contributed by atoms with Crippen LogP contribution >= 0.6 is 0 Å². The molecule has 0 rings (SSSR count). The number of aliphatic hydroxyl groups is 1. The lowest BCUT2D eigenvalue weighted by Crippen LogP contribution is -2.27. The highest BCUT2D eigenvalue weighted by Gasteiger charge is 1.96. The zero-order valence-electron chi connectivity index (χ0n) is 5.93. The van der Waals surface area contributed by atoms with E-state index in [1.807, 2.05) is 6.92 Å². The topological polar surface area (TPSA) is 58.3 Å². The minimum Gasteiger partial charge on any atom is -0.381 e. The first-order valence-electron chi connectivity index (χ1n) is 3.35. The van der Waals surface area contributed by atoms with Crippen molar-refractivity contribution >= 4 is 0 Å². The van der Waals surface area contributed by atoms with Gasteiger partial charge in [0.25, 0.3) is 0 Å². The number of hydrogen-bond acceptors (Lipinski definition) is 3. The molecule has 3 heteroatoms. The SMILES string of the molecule is C[C@@H](CCCN)NCO. The van der Waals surface area contributed by atoms with Crippen LogP contribution in [-0.2, 0) is 0 Å². The molecule has 0 aliphatic rings. The van der Waals surface area contributed by atoms with Gasteiger partial charge in [0.15, 0.2) is 0 Å². The molecule has 0 spiro atoms. The van der Waals surface area contributed by atoms with E-state index >= 15 is 0 Å². The van der Waals surface area contributed by atoms with Crippen LogP contribution in [-0.4, -0.2) is 24.4 Å². The molecule has 9 heavy (non-hydrogen) atoms. The third kappa shape index (κ3) is 5.76. The van der Waals surface area contributed by atoms with Crippen LogP contribution in [0, 0.1) is 0 Å². The molecular weight excluding hydrogens is 116 g/mol. The summed E-state index contributed by atoms with van der Waals surface area (Å²) in [6.45, 7) is 2.83. The molecule has 0 unspecified atom stereocenters. The zero-order chi connectivity index (χ0) is 7.11. The molecular formula is C6H16N2O. The van der Waals surface area contributed by atoms with Crippen LogP contribution in [0.3, 0.4) is 0 Å². The summed E-state index contributed by atoms with van der Waals surface area (Å²) in [7, 11) is 0. The first-order valence-corrected chi connectivity index (χ1v) is 3.35. The van der Waals surface area contributed by atoms with Gasteiger partial charge in [-0.2, -0.15) is 0 Å². The Labute approximate surface area is 56.2 Å². The Balaban J connectivity index is 2.95. The highest BCUT2D eigenvalue weighted by Crippen LogP contribution is 1.92. The predicted molar refractivity (Wildman–Crippen MR) is 38.0 cm³/mol. The molecule has 0 aromatic rings. The molecule has 3 nitrogen and oxygen atoms in total. The molecule has 0 radical (unpaired) electrons. The molecule has 56 valence electrons. The average Bonchev–Trinajstić information content (AvgIpc) is 1.85. The Bertz CT molecular complexity index is 59.0. The largest absolute Gasteiger partial charge is 0.381 e. The minimum absolute atomic E-state index is 0.0612. The second kappa shape index (κ2) is 6.01. The first-order chi connectivity index (χ1) is 4.31. The fourth-order valence-electron chi connectivity index (χ4n) is 0.682. The maximum Gasteiger partial charge on any atom is 0.0933 e. The van der Waals surface area contributed by atoms with E-state index in [0.29, 0.717) is 6.04 Å². The maximum atomic E-state index is 8.39. The number of nitrogens with one attached hydrogen (secondary N) is 1. The van der Waals surface area contributed by atoms with Gasteiger partial charge in [0.05, 0.1) is 6.73 Å². The summed E-state index contributed by atoms with van der Waals surface area (Å²) in [6, 6.07) is 0.388. The van der Waals surface area contributed by atoms with Crippen LogP contribution in [0.5, 0.6) is 0 Å². The molecule has 0 aromatic heterocycles. The summed E-state index contributed by atoms with van der Waals surface area (Å²) in [6.07, 6.45) is 2.06. The molecule has 0 saturated heterocycles. The van der Waals surface area contributed by atoms with Crippen LogP contribution < -0.4 is 11.1 Å². The number of rotatable bonds is 5. The Hall–Kier alpha value is -0.120. The van der Waals surface area contributed by atoms with E-state index in [0.717, 1.165) is 19.4 Å². The molecule has 0 bridgehead atoms. The van der Waals surface area contributed by atoms with Crippen molar-refractivity contribution in [3.05, 3.63) is 0 Å². The van der Waals surface area contributed by atoms with Crippen molar-refractivity contribution in [3.63, 3.8) is 0 Å². The fourth-order valence-corrected chi connectivity index (χ4v) is 0.682. The van der Waals surface area contributed by atoms with Crippen LogP contribution in [0.4, 0.5) is 0 Å². The normalized spacial score (nSPS) is 13.7. The van der Waals surface area contributed by atoms with Gasteiger partial charge in [0.2, 0.25) is 0 Å². The van der Waals surface area contributed by atoms with Crippen molar-refractivity contribution in [2.45, 2.75) is 25.8 Å². The Morgan fingerprint density at radius 2 is 2.33 bits per heavy atom. The van der Waals surface area contributed by atoms with Gasteiger partial charge in [0.1, 0.15) is 0 Å². The maximum absolute atomic E-state index is 8.39. The summed E-state index contributed by atoms with van der Waals surface area (Å²) in [5.41, 5.74) is 5.28. The lowest BCUT2D eigenvalue weighted by Gasteiger charge is -2.09. The summed E-state index contributed by atoms with van der Waals surface area (Å²) in [5, 5.41) is 11.3. The third-order valence-corrected chi connectivity index (χ3v) is 1.28. The third-order valence-electron chi connectivity index (χ3n) is 1.28. The Morgan fingerprint density at radius 3 is 2.78 bits per heavy atom. The molecule has 4 N–H and O–H groups in total. The van der Waals surface area contributed by atoms with E-state index in [-0.39, 0.29) is 6.73 Å². The second-order valence-electron chi connectivity index (χ2n) is 2.19. The molecule has 0 aliphatic carbocycles. The lowest BCUT2D eigenvalue weighted by atomic mass is 10.2. The van der Waals surface area contributed by atoms with Crippen LogP contribution in [0.1, 0.15) is 19.8 Å². The van der Waals surface area contributed by atoms with Crippen LogP contribution in [0.2, 0.25) is 0 Å². The Morgan fingerprint density at radius 1 is 1.67 bits per heavy atom. The van der Waals surface area contributed by atoms with Crippen LogP contribution in [0.15, 0.2) is 0 Å². The molecule has 0 aromatic carbocycles. The quantitative estimate of drug-likeness (QED) is 0.448. The highest BCUT2D eigenvalue weighted by molar-refractivity contribution is 4.56. The van der Waals surface area contributed by atoms with Crippen molar-refractivity contribution in [1.82, 2.24) is 5.32 Å². The van der Waals surface area contributed by atoms with Gasteiger partial charge in [-0.3, -0.25) is 5.32 Å². The van der Waals surface area contributed by atoms with Gasteiger partial charge in [-0.05, 0) is 26.3 Å². The summed E-state index contributed by atoms with van der Waals surface area (Å²) >= 11 is 0. The van der Waals surface area contributed by atoms with Crippen molar-refractivity contribution < 1.29 is 5.11 Å². The highest BCUT2D eigenvalue weighted by atomic mass is 16.3. The summed E-state index contributed by atoms with van der Waals surface area (Å²) in [4.78, 5) is 0. The Kier molecular flexibility index (Phi) is 5.93. The molecule has 0 saturated carbocycles. The van der Waals surface area contributed by atoms with Crippen LogP contribution in [0.25, 0.3) is 0 Å². The second-order valence-corrected chi connectivity index (χ2v) is 2.19. The molecule has 0 heterocycles. The van der Waals surface area contributed by atoms with E-state index < -0.39 is 0 Å². The van der Waals surface area contributed by atoms with E-state index in [1.165, 1.54) is 0 Å². The molecule has 0 fully saturated rings. The van der Waals surface area contributed by atoms with E-state index in [4.69, 9.17) is 10.8 Å². The molecule has 0 aliphatic heterocycles. The smallest absolute Gasteiger partial charge is 0.0933 e. The van der Waals surface area contributed by atoms with Gasteiger partial charge in [-0.25, -0.2) is 0 Å². The van der Waals surface area contributed by atoms with E-state index in [1.54, 1.807) is 0 Å². The predicted octanol–water partition coefficient (Wildman–Crippen LogP) is -0.347. The summed E-state index contributed by atoms with van der Waals surface area (Å²) in [5.74, 6) is 0. The van der Waals surface area contributed by atoms with Gasteiger partial charge in [-0.15, -0.1) is 0 Å². The van der Waals surface area contributed by atoms with Crippen molar-refractivity contribution in [2.75, 3.05) is 13.3 Å². The van der Waals surface area contributed by atoms with Gasteiger partial charge >= 0.3 is 0 Å². The van der Waals surface area contributed by atoms with Gasteiger partial charge in [-0.1, -0.05) is 0 Å². The van der Waals surface area contributed by atoms with E-state index in [2.05, 4.69) is 5.32 Å². The summed E-state index contributed by atoms with van der Waals surface area (Å²) < 4.78 is 0. The van der Waals surface area contributed by atoms with Crippen molar-refractivity contribution in [2.24, 2.45) is 5.73 Å². The van der Waals surface area contributed by atoms with Gasteiger partial charge in [0, 0.05) is 6.04 Å². The van der Waals surface area contributed by atoms with E-state index in [9.17, 15) is 0 Å². The monoisotopic (exact) mass is 132 g/mol. The number of hydrogen-bond donors (Lipinski definition) is 3. The number of aliphatic hydroxyl groups excluding tert-OH is 1. The fraction of sp³-hybridized carbons (Fsp3) is 1.00. The van der Waals surface area contributed by atoms with Crippen molar-refractivity contribution in [1.29, 1.82) is 0 Å².